The molecule has 138 valence electrons. The molecule has 4 rings (SSSR count). The highest BCUT2D eigenvalue weighted by Crippen LogP contribution is 2.32. The van der Waals surface area contributed by atoms with Crippen LogP contribution in [-0.4, -0.2) is 21.5 Å². The van der Waals surface area contributed by atoms with Crippen LogP contribution in [0.15, 0.2) is 65.7 Å². The highest BCUT2D eigenvalue weighted by molar-refractivity contribution is 5.96. The molecule has 0 N–H and O–H groups in total. The third-order valence-electron chi connectivity index (χ3n) is 5.02. The third-order valence-corrected chi connectivity index (χ3v) is 5.02. The second-order valence-electron chi connectivity index (χ2n) is 6.82. The van der Waals surface area contributed by atoms with E-state index in [0.717, 1.165) is 17.7 Å². The van der Waals surface area contributed by atoms with Gasteiger partial charge in [0, 0.05) is 29.7 Å². The van der Waals surface area contributed by atoms with Crippen LogP contribution in [0.1, 0.15) is 18.1 Å². The van der Waals surface area contributed by atoms with Crippen LogP contribution in [0.4, 0.5) is 5.69 Å². The molecular weight excluding hydrogens is 352 g/mol. The van der Waals surface area contributed by atoms with Crippen LogP contribution in [0.2, 0.25) is 0 Å². The van der Waals surface area contributed by atoms with Gasteiger partial charge in [0.25, 0.3) is 5.56 Å². The van der Waals surface area contributed by atoms with E-state index in [1.165, 1.54) is 10.6 Å². The fourth-order valence-corrected chi connectivity index (χ4v) is 3.74. The minimum absolute atomic E-state index is 0.00955. The molecule has 0 spiro atoms. The molecule has 0 radical (unpaired) electrons. The number of carbonyl (C=O) groups is 1. The van der Waals surface area contributed by atoms with Crippen LogP contribution >= 0.6 is 0 Å². The van der Waals surface area contributed by atoms with E-state index < -0.39 is 5.56 Å². The first kappa shape index (κ1) is 17.7. The zero-order valence-electron chi connectivity index (χ0n) is 15.4. The van der Waals surface area contributed by atoms with Gasteiger partial charge in [-0.05, 0) is 49.2 Å². The zero-order chi connectivity index (χ0) is 19.7. The predicted octanol–water partition coefficient (Wildman–Crippen LogP) is 2.76. The summed E-state index contributed by atoms with van der Waals surface area (Å²) >= 11 is 0. The Morgan fingerprint density at radius 1 is 1.21 bits per heavy atom. The number of nitriles is 1. The van der Waals surface area contributed by atoms with Gasteiger partial charge in [0.05, 0.1) is 5.69 Å². The van der Waals surface area contributed by atoms with Crippen molar-refractivity contribution in [1.82, 2.24) is 9.55 Å². The molecule has 28 heavy (non-hydrogen) atoms. The van der Waals surface area contributed by atoms with Gasteiger partial charge in [-0.15, -0.1) is 0 Å². The van der Waals surface area contributed by atoms with Crippen molar-refractivity contribution in [1.29, 1.82) is 5.26 Å². The van der Waals surface area contributed by atoms with Gasteiger partial charge in [-0.3, -0.25) is 19.1 Å². The molecule has 6 nitrogen and oxygen atoms in total. The molecule has 1 aliphatic heterocycles. The molecule has 1 amide bonds. The van der Waals surface area contributed by atoms with Gasteiger partial charge in [0.15, 0.2) is 0 Å². The van der Waals surface area contributed by atoms with Crippen LogP contribution in [0.5, 0.6) is 0 Å². The SMILES string of the molecule is C[C@H]1Cc2ccccc2N1C(=O)Cn1c(-c2cccnc2)ccc(C#N)c1=O. The van der Waals surface area contributed by atoms with E-state index in [1.807, 2.05) is 43.3 Å². The summed E-state index contributed by atoms with van der Waals surface area (Å²) in [6, 6.07) is 16.5. The van der Waals surface area contributed by atoms with Crippen molar-refractivity contribution in [2.24, 2.45) is 0 Å². The number of rotatable bonds is 3. The second-order valence-corrected chi connectivity index (χ2v) is 6.82. The predicted molar refractivity (Wildman–Crippen MR) is 106 cm³/mol. The number of nitrogens with zero attached hydrogens (tertiary/aromatic N) is 4. The van der Waals surface area contributed by atoms with Gasteiger partial charge in [-0.1, -0.05) is 18.2 Å². The van der Waals surface area contributed by atoms with Crippen molar-refractivity contribution in [3.05, 3.63) is 82.4 Å². The number of amides is 1. The maximum atomic E-state index is 13.2. The molecule has 3 aromatic rings. The van der Waals surface area contributed by atoms with E-state index in [9.17, 15) is 14.9 Å². The summed E-state index contributed by atoms with van der Waals surface area (Å²) in [5, 5.41) is 9.25. The van der Waals surface area contributed by atoms with Gasteiger partial charge in [0.2, 0.25) is 5.91 Å². The second kappa shape index (κ2) is 7.12. The Bertz CT molecular complexity index is 1150. The van der Waals surface area contributed by atoms with Crippen molar-refractivity contribution >= 4 is 11.6 Å². The highest BCUT2D eigenvalue weighted by atomic mass is 16.2. The summed E-state index contributed by atoms with van der Waals surface area (Å²) in [7, 11) is 0. The Morgan fingerprint density at radius 3 is 2.79 bits per heavy atom. The highest BCUT2D eigenvalue weighted by Gasteiger charge is 2.31. The number of pyridine rings is 2. The number of fused-ring (bicyclic) bond motifs is 1. The number of para-hydroxylation sites is 1. The lowest BCUT2D eigenvalue weighted by atomic mass is 10.1. The Hall–Kier alpha value is -3.72. The molecule has 1 atom stereocenters. The van der Waals surface area contributed by atoms with Crippen molar-refractivity contribution in [2.75, 3.05) is 4.90 Å². The Kier molecular flexibility index (Phi) is 4.50. The minimum Gasteiger partial charge on any atom is -0.307 e. The normalized spacial score (nSPS) is 15.1. The first-order chi connectivity index (χ1) is 13.6. The minimum atomic E-state index is -0.475. The number of benzene rings is 1. The molecule has 0 bridgehead atoms. The summed E-state index contributed by atoms with van der Waals surface area (Å²) < 4.78 is 1.37. The molecule has 6 heteroatoms. The lowest BCUT2D eigenvalue weighted by Gasteiger charge is -2.24. The van der Waals surface area contributed by atoms with Gasteiger partial charge < -0.3 is 4.90 Å². The van der Waals surface area contributed by atoms with E-state index in [4.69, 9.17) is 0 Å². The van der Waals surface area contributed by atoms with Crippen molar-refractivity contribution in [2.45, 2.75) is 25.9 Å². The number of anilines is 1. The van der Waals surface area contributed by atoms with Crippen LogP contribution in [0.3, 0.4) is 0 Å². The van der Waals surface area contributed by atoms with Crippen LogP contribution < -0.4 is 10.5 Å². The van der Waals surface area contributed by atoms with Gasteiger partial charge in [0.1, 0.15) is 18.2 Å². The van der Waals surface area contributed by atoms with Crippen LogP contribution in [-0.2, 0) is 17.8 Å². The monoisotopic (exact) mass is 370 g/mol. The molecule has 0 saturated heterocycles. The lowest BCUT2D eigenvalue weighted by molar-refractivity contribution is -0.119. The van der Waals surface area contributed by atoms with Crippen molar-refractivity contribution in [3.8, 4) is 17.3 Å². The average Bonchev–Trinajstić information content (AvgIpc) is 3.05. The van der Waals surface area contributed by atoms with Crippen LogP contribution in [0, 0.1) is 11.3 Å². The topological polar surface area (TPSA) is 79.0 Å². The first-order valence-corrected chi connectivity index (χ1v) is 9.04. The van der Waals surface area contributed by atoms with Gasteiger partial charge in [-0.2, -0.15) is 5.26 Å². The summed E-state index contributed by atoms with van der Waals surface area (Å²) in [4.78, 5) is 31.9. The molecule has 0 aliphatic carbocycles. The largest absolute Gasteiger partial charge is 0.307 e. The average molecular weight is 370 g/mol. The molecular formula is C22H18N4O2. The standard InChI is InChI=1S/C22H18N4O2/c1-15-11-16-5-2-3-7-20(16)26(15)21(27)14-25-19(18-6-4-10-24-13-18)9-8-17(12-23)22(25)28/h2-10,13,15H,11,14H2,1H3/t15-/m0/s1. The number of carbonyl (C=O) groups excluding carboxylic acids is 1. The van der Waals surface area contributed by atoms with Gasteiger partial charge >= 0.3 is 0 Å². The van der Waals surface area contributed by atoms with E-state index in [2.05, 4.69) is 4.98 Å². The maximum Gasteiger partial charge on any atom is 0.269 e. The fourth-order valence-electron chi connectivity index (χ4n) is 3.74. The van der Waals surface area contributed by atoms with Crippen molar-refractivity contribution < 1.29 is 4.79 Å². The van der Waals surface area contributed by atoms with E-state index in [1.54, 1.807) is 29.4 Å². The van der Waals surface area contributed by atoms with E-state index in [-0.39, 0.29) is 24.1 Å². The number of hydrogen-bond donors (Lipinski definition) is 0. The van der Waals surface area contributed by atoms with Gasteiger partial charge in [-0.25, -0.2) is 0 Å². The first-order valence-electron chi connectivity index (χ1n) is 9.04. The van der Waals surface area contributed by atoms with E-state index >= 15 is 0 Å². The summed E-state index contributed by atoms with van der Waals surface area (Å²) in [5.41, 5.74) is 2.81. The smallest absolute Gasteiger partial charge is 0.269 e. The summed E-state index contributed by atoms with van der Waals surface area (Å²) in [6.45, 7) is 1.85. The Morgan fingerprint density at radius 2 is 2.04 bits per heavy atom. The maximum absolute atomic E-state index is 13.2. The van der Waals surface area contributed by atoms with Crippen molar-refractivity contribution in [3.63, 3.8) is 0 Å². The molecule has 1 aliphatic rings. The molecule has 0 unspecified atom stereocenters. The number of hydrogen-bond acceptors (Lipinski definition) is 4. The zero-order valence-corrected chi connectivity index (χ0v) is 15.4. The molecule has 2 aromatic heterocycles. The lowest BCUT2D eigenvalue weighted by Crippen LogP contribution is -2.40. The summed E-state index contributed by atoms with van der Waals surface area (Å²) in [6.07, 6.45) is 4.06. The molecule has 0 saturated carbocycles. The molecule has 3 heterocycles. The Labute approximate surface area is 162 Å². The Balaban J connectivity index is 1.77. The third kappa shape index (κ3) is 2.97. The van der Waals surface area contributed by atoms with Crippen LogP contribution in [0.25, 0.3) is 11.3 Å². The number of aromatic nitrogens is 2. The quantitative estimate of drug-likeness (QED) is 0.710. The molecule has 1 aromatic carbocycles. The molecule has 0 fully saturated rings. The summed E-state index contributed by atoms with van der Waals surface area (Å²) in [5.74, 6) is -0.181. The van der Waals surface area contributed by atoms with E-state index in [0.29, 0.717) is 11.3 Å². The fraction of sp³-hybridized carbons (Fsp3) is 0.182.